The fourth-order valence-electron chi connectivity index (χ4n) is 4.98. The van der Waals surface area contributed by atoms with E-state index in [1.807, 2.05) is 14.0 Å². The van der Waals surface area contributed by atoms with Crippen molar-refractivity contribution in [1.29, 1.82) is 0 Å². The van der Waals surface area contributed by atoms with Crippen LogP contribution in [0.1, 0.15) is 88.4 Å². The average Bonchev–Trinajstić information content (AvgIpc) is 2.87. The molecule has 1 aromatic carbocycles. The van der Waals surface area contributed by atoms with Gasteiger partial charge in [-0.25, -0.2) is 4.39 Å². The van der Waals surface area contributed by atoms with Crippen LogP contribution in [0.25, 0.3) is 10.8 Å². The Morgan fingerprint density at radius 2 is 1.53 bits per heavy atom. The number of unbranched alkanes of at least 4 members (excludes halogenated alkanes) is 9. The minimum Gasteiger partial charge on any atom is -0.383 e. The van der Waals surface area contributed by atoms with Gasteiger partial charge in [-0.1, -0.05) is 64.7 Å². The van der Waals surface area contributed by atoms with Crippen LogP contribution in [0, 0.1) is 5.82 Å². The number of likely N-dealkylation sites (N-methyl/N-ethyl adjacent to an activating group) is 1. The second-order valence-corrected chi connectivity index (χ2v) is 10.2. The number of piperazine rings is 1. The highest BCUT2D eigenvalue weighted by Gasteiger charge is 2.26. The van der Waals surface area contributed by atoms with Gasteiger partial charge in [0.2, 0.25) is 0 Å². The number of hydrogen-bond acceptors (Lipinski definition) is 4. The summed E-state index contributed by atoms with van der Waals surface area (Å²) >= 11 is 0. The molecular weight excluding hydrogens is 455 g/mol. The zero-order chi connectivity index (χ0) is 25.9. The van der Waals surface area contributed by atoms with Crippen LogP contribution < -0.4 is 10.9 Å². The van der Waals surface area contributed by atoms with E-state index in [-0.39, 0.29) is 22.8 Å². The van der Waals surface area contributed by atoms with Gasteiger partial charge in [-0.3, -0.25) is 9.59 Å². The van der Waals surface area contributed by atoms with Gasteiger partial charge in [0.1, 0.15) is 11.4 Å². The van der Waals surface area contributed by atoms with Crippen LogP contribution in [-0.2, 0) is 6.54 Å². The van der Waals surface area contributed by atoms with Crippen molar-refractivity contribution in [3.8, 4) is 0 Å². The van der Waals surface area contributed by atoms with E-state index >= 15 is 0 Å². The highest BCUT2D eigenvalue weighted by Crippen LogP contribution is 2.26. The van der Waals surface area contributed by atoms with Gasteiger partial charge in [-0.2, -0.15) is 0 Å². The molecule has 0 radical (unpaired) electrons. The summed E-state index contributed by atoms with van der Waals surface area (Å²) < 4.78 is 16.4. The van der Waals surface area contributed by atoms with Crippen molar-refractivity contribution in [3.63, 3.8) is 0 Å². The Morgan fingerprint density at radius 3 is 2.14 bits per heavy atom. The molecule has 2 heterocycles. The average molecular weight is 501 g/mol. The van der Waals surface area contributed by atoms with Gasteiger partial charge < -0.3 is 19.7 Å². The van der Waals surface area contributed by atoms with Crippen LogP contribution in [0.5, 0.6) is 0 Å². The maximum atomic E-state index is 14.9. The molecule has 1 aliphatic heterocycles. The maximum Gasteiger partial charge on any atom is 0.264 e. The number of anilines is 1. The molecule has 200 valence electrons. The van der Waals surface area contributed by atoms with Crippen LogP contribution in [0.2, 0.25) is 0 Å². The maximum absolute atomic E-state index is 14.9. The molecule has 1 aromatic heterocycles. The van der Waals surface area contributed by atoms with E-state index in [0.29, 0.717) is 42.6 Å². The molecule has 1 N–H and O–H groups in total. The molecule has 1 fully saturated rings. The molecule has 0 atom stereocenters. The summed E-state index contributed by atoms with van der Waals surface area (Å²) in [6.07, 6.45) is 14.2. The van der Waals surface area contributed by atoms with E-state index in [1.54, 1.807) is 17.2 Å². The lowest BCUT2D eigenvalue weighted by molar-refractivity contribution is 0.0663. The number of hydrogen-bond donors (Lipinski definition) is 1. The first-order chi connectivity index (χ1) is 17.5. The second-order valence-electron chi connectivity index (χ2n) is 10.2. The number of pyridine rings is 1. The van der Waals surface area contributed by atoms with Gasteiger partial charge in [0, 0.05) is 56.2 Å². The molecular formula is C29H45FN4O2. The summed E-state index contributed by atoms with van der Waals surface area (Å²) in [6, 6.07) is 3.11. The van der Waals surface area contributed by atoms with Crippen molar-refractivity contribution in [3.05, 3.63) is 40.1 Å². The minimum atomic E-state index is -0.353. The van der Waals surface area contributed by atoms with E-state index in [4.69, 9.17) is 0 Å². The highest BCUT2D eigenvalue weighted by atomic mass is 19.1. The largest absolute Gasteiger partial charge is 0.383 e. The summed E-state index contributed by atoms with van der Waals surface area (Å²) in [4.78, 5) is 30.6. The summed E-state index contributed by atoms with van der Waals surface area (Å²) in [7, 11) is 2.03. The minimum absolute atomic E-state index is 0.154. The smallest absolute Gasteiger partial charge is 0.264 e. The molecule has 0 bridgehead atoms. The molecule has 0 aliphatic carbocycles. The molecule has 7 heteroatoms. The molecule has 1 saturated heterocycles. The topological polar surface area (TPSA) is 57.6 Å². The molecule has 6 nitrogen and oxygen atoms in total. The van der Waals surface area contributed by atoms with Gasteiger partial charge in [-0.15, -0.1) is 0 Å². The summed E-state index contributed by atoms with van der Waals surface area (Å²) in [5.41, 5.74) is 0.210. The number of halogens is 1. The first kappa shape index (κ1) is 28.2. The molecule has 3 rings (SSSR count). The van der Waals surface area contributed by atoms with Crippen molar-refractivity contribution in [2.75, 3.05) is 45.1 Å². The number of aromatic nitrogens is 1. The van der Waals surface area contributed by atoms with Crippen molar-refractivity contribution in [1.82, 2.24) is 14.4 Å². The van der Waals surface area contributed by atoms with E-state index < -0.39 is 0 Å². The van der Waals surface area contributed by atoms with Crippen molar-refractivity contribution < 1.29 is 9.18 Å². The van der Waals surface area contributed by atoms with Crippen LogP contribution in [0.15, 0.2) is 23.1 Å². The number of rotatable bonds is 14. The van der Waals surface area contributed by atoms with Crippen LogP contribution in [0.3, 0.4) is 0 Å². The van der Waals surface area contributed by atoms with Gasteiger partial charge in [-0.05, 0) is 32.5 Å². The highest BCUT2D eigenvalue weighted by molar-refractivity contribution is 6.07. The summed E-state index contributed by atoms with van der Waals surface area (Å²) in [5, 5.41) is 4.32. The predicted molar refractivity (Wildman–Crippen MR) is 148 cm³/mol. The molecule has 1 amide bonds. The first-order valence-corrected chi connectivity index (χ1v) is 14.0. The van der Waals surface area contributed by atoms with Gasteiger partial charge >= 0.3 is 0 Å². The lowest BCUT2D eigenvalue weighted by Gasteiger charge is -2.32. The lowest BCUT2D eigenvalue weighted by atomic mass is 10.0. The molecule has 36 heavy (non-hydrogen) atoms. The Hall–Kier alpha value is -2.41. The number of nitrogens with one attached hydrogen (secondary N) is 1. The number of benzene rings is 1. The Morgan fingerprint density at radius 1 is 0.917 bits per heavy atom. The number of amides is 1. The van der Waals surface area contributed by atoms with Gasteiger partial charge in [0.15, 0.2) is 0 Å². The Bertz CT molecular complexity index is 1040. The number of nitrogens with zero attached hydrogens (tertiary/aromatic N) is 3. The predicted octanol–water partition coefficient (Wildman–Crippen LogP) is 5.88. The number of aryl methyl sites for hydroxylation is 1. The van der Waals surface area contributed by atoms with Crippen molar-refractivity contribution in [2.45, 2.75) is 84.6 Å². The molecule has 0 spiro atoms. The standard InChI is InChI=1S/C29H45FN4O2/c1-4-6-7-8-9-10-11-12-13-14-15-31-26-21-24-23(20-25(26)30)22-33(5-2)28(35)27(24)29(36)34-18-16-32(3)17-19-34/h20-22,31H,4-19H2,1-3H3. The number of fused-ring (bicyclic) bond motifs is 1. The molecule has 0 unspecified atom stereocenters. The third-order valence-corrected chi connectivity index (χ3v) is 7.37. The first-order valence-electron chi connectivity index (χ1n) is 14.0. The van der Waals surface area contributed by atoms with Crippen molar-refractivity contribution >= 4 is 22.4 Å². The Balaban J connectivity index is 1.64. The van der Waals surface area contributed by atoms with E-state index in [1.165, 1.54) is 62.0 Å². The normalized spacial score (nSPS) is 14.5. The fourth-order valence-corrected chi connectivity index (χ4v) is 4.98. The zero-order valence-corrected chi connectivity index (χ0v) is 22.6. The zero-order valence-electron chi connectivity index (χ0n) is 22.6. The van der Waals surface area contributed by atoms with E-state index in [9.17, 15) is 14.0 Å². The SMILES string of the molecule is CCCCCCCCCCCCNc1cc2c(C(=O)N3CCN(C)CC3)c(=O)n(CC)cc2cc1F. The van der Waals surface area contributed by atoms with Crippen molar-refractivity contribution in [2.24, 2.45) is 0 Å². The molecule has 1 aliphatic rings. The Labute approximate surface area is 215 Å². The number of carbonyl (C=O) groups is 1. The van der Waals surface area contributed by atoms with Crippen LogP contribution >= 0.6 is 0 Å². The quantitative estimate of drug-likeness (QED) is 0.329. The van der Waals surface area contributed by atoms with E-state index in [2.05, 4.69) is 17.1 Å². The number of carbonyl (C=O) groups excluding carboxylic acids is 1. The fraction of sp³-hybridized carbons (Fsp3) is 0.655. The summed E-state index contributed by atoms with van der Waals surface area (Å²) in [6.45, 7) is 7.93. The lowest BCUT2D eigenvalue weighted by Crippen LogP contribution is -2.48. The van der Waals surface area contributed by atoms with Crippen LogP contribution in [0.4, 0.5) is 10.1 Å². The second kappa shape index (κ2) is 14.4. The van der Waals surface area contributed by atoms with Gasteiger partial charge in [0.05, 0.1) is 5.69 Å². The van der Waals surface area contributed by atoms with Crippen LogP contribution in [-0.4, -0.2) is 60.0 Å². The third-order valence-electron chi connectivity index (χ3n) is 7.37. The monoisotopic (exact) mass is 500 g/mol. The molecule has 0 saturated carbocycles. The summed E-state index contributed by atoms with van der Waals surface area (Å²) in [5.74, 6) is -0.609. The van der Waals surface area contributed by atoms with E-state index in [0.717, 1.165) is 25.9 Å². The Kier molecular flexibility index (Phi) is 11.2. The van der Waals surface area contributed by atoms with Gasteiger partial charge in [0.25, 0.3) is 11.5 Å². The third kappa shape index (κ3) is 7.55. The molecule has 2 aromatic rings.